The molecule has 1 amide bonds. The van der Waals surface area contributed by atoms with Gasteiger partial charge in [0.1, 0.15) is 0 Å². The van der Waals surface area contributed by atoms with Crippen LogP contribution >= 0.6 is 23.2 Å². The minimum atomic E-state index is -1.00. The number of rotatable bonds is 4. The molecule has 1 unspecified atom stereocenters. The van der Waals surface area contributed by atoms with Crippen LogP contribution in [0.3, 0.4) is 0 Å². The molecule has 0 saturated heterocycles. The first-order valence-electron chi connectivity index (χ1n) is 9.31. The van der Waals surface area contributed by atoms with Gasteiger partial charge in [-0.25, -0.2) is 4.79 Å². The number of aromatic nitrogens is 1. The number of fused-ring (bicyclic) bond motifs is 2. The van der Waals surface area contributed by atoms with Gasteiger partial charge in [0.25, 0.3) is 5.91 Å². The summed E-state index contributed by atoms with van der Waals surface area (Å²) in [5, 5.41) is 4.18. The zero-order valence-electron chi connectivity index (χ0n) is 15.7. The van der Waals surface area contributed by atoms with Gasteiger partial charge in [0.2, 0.25) is 0 Å². The summed E-state index contributed by atoms with van der Waals surface area (Å²) in [6.07, 6.45) is 1.56. The number of nitrogens with zero attached hydrogens (tertiary/aromatic N) is 1. The Morgan fingerprint density at radius 2 is 1.93 bits per heavy atom. The monoisotopic (exact) mass is 428 g/mol. The molecular weight excluding hydrogens is 411 g/mol. The summed E-state index contributed by atoms with van der Waals surface area (Å²) in [7, 11) is 0. The minimum Gasteiger partial charge on any atom is -0.449 e. The summed E-state index contributed by atoms with van der Waals surface area (Å²) >= 11 is 12.0. The number of pyridine rings is 1. The molecule has 0 bridgehead atoms. The highest BCUT2D eigenvalue weighted by Crippen LogP contribution is 2.31. The maximum atomic E-state index is 13.0. The van der Waals surface area contributed by atoms with Crippen LogP contribution in [0.1, 0.15) is 35.0 Å². The van der Waals surface area contributed by atoms with Gasteiger partial charge >= 0.3 is 5.97 Å². The Bertz CT molecular complexity index is 1130. The van der Waals surface area contributed by atoms with Crippen molar-refractivity contribution in [3.8, 4) is 0 Å². The van der Waals surface area contributed by atoms with Crippen molar-refractivity contribution in [1.82, 2.24) is 4.98 Å². The predicted molar refractivity (Wildman–Crippen MR) is 114 cm³/mol. The number of carbonyl (C=O) groups excluding carboxylic acids is 2. The lowest BCUT2D eigenvalue weighted by Crippen LogP contribution is -2.30. The van der Waals surface area contributed by atoms with Crippen LogP contribution in [0.25, 0.3) is 10.9 Å². The SMILES string of the molecule is CC(OC(=O)c1c2c(nc3ccccc13)CCC2)C(=O)Nc1ccc(Cl)cc1Cl. The van der Waals surface area contributed by atoms with Crippen LogP contribution in [0.2, 0.25) is 10.0 Å². The highest BCUT2D eigenvalue weighted by atomic mass is 35.5. The standard InChI is InChI=1S/C22H18Cl2N2O3/c1-12(21(27)26-19-10-9-13(23)11-16(19)24)29-22(28)20-14-5-2-3-7-17(14)25-18-8-4-6-15(18)20/h2-3,5,7,9-12H,4,6,8H2,1H3,(H,26,27). The number of nitrogens with one attached hydrogen (secondary N) is 1. The van der Waals surface area contributed by atoms with Crippen molar-refractivity contribution in [2.24, 2.45) is 0 Å². The van der Waals surface area contributed by atoms with E-state index in [2.05, 4.69) is 10.3 Å². The summed E-state index contributed by atoms with van der Waals surface area (Å²) in [5.41, 5.74) is 3.51. The molecule has 1 aliphatic carbocycles. The highest BCUT2D eigenvalue weighted by molar-refractivity contribution is 6.36. The number of amides is 1. The van der Waals surface area contributed by atoms with E-state index in [9.17, 15) is 9.59 Å². The van der Waals surface area contributed by atoms with Gasteiger partial charge in [-0.05, 0) is 56.0 Å². The van der Waals surface area contributed by atoms with Gasteiger partial charge in [0.05, 0.1) is 21.8 Å². The Morgan fingerprint density at radius 3 is 2.72 bits per heavy atom. The summed E-state index contributed by atoms with van der Waals surface area (Å²) in [6.45, 7) is 1.53. The van der Waals surface area contributed by atoms with E-state index in [-0.39, 0.29) is 0 Å². The lowest BCUT2D eigenvalue weighted by Gasteiger charge is -2.17. The fourth-order valence-corrected chi connectivity index (χ4v) is 4.00. The second kappa shape index (κ2) is 8.01. The fraction of sp³-hybridized carbons (Fsp3) is 0.227. The van der Waals surface area contributed by atoms with Gasteiger partial charge in [0, 0.05) is 16.1 Å². The summed E-state index contributed by atoms with van der Waals surface area (Å²) < 4.78 is 5.52. The molecular formula is C22H18Cl2N2O3. The number of carbonyl (C=O) groups is 2. The van der Waals surface area contributed by atoms with Crippen molar-refractivity contribution in [2.75, 3.05) is 5.32 Å². The van der Waals surface area contributed by atoms with Gasteiger partial charge in [-0.3, -0.25) is 9.78 Å². The summed E-state index contributed by atoms with van der Waals surface area (Å²) in [5.74, 6) is -0.996. The summed E-state index contributed by atoms with van der Waals surface area (Å²) in [4.78, 5) is 30.2. The molecule has 2 aromatic carbocycles. The number of benzene rings is 2. The van der Waals surface area contributed by atoms with Crippen LogP contribution in [0, 0.1) is 0 Å². The number of esters is 1. The number of anilines is 1. The average Bonchev–Trinajstić information content (AvgIpc) is 3.15. The van der Waals surface area contributed by atoms with Crippen LogP contribution < -0.4 is 5.32 Å². The lowest BCUT2D eigenvalue weighted by atomic mass is 10.0. The van der Waals surface area contributed by atoms with E-state index in [4.69, 9.17) is 27.9 Å². The number of ether oxygens (including phenoxy) is 1. The third-order valence-corrected chi connectivity index (χ3v) is 5.51. The second-order valence-corrected chi connectivity index (χ2v) is 7.79. The quantitative estimate of drug-likeness (QED) is 0.578. The normalized spacial score (nSPS) is 13.8. The van der Waals surface area contributed by atoms with Gasteiger partial charge in [-0.2, -0.15) is 0 Å². The van der Waals surface area contributed by atoms with E-state index in [0.29, 0.717) is 21.3 Å². The summed E-state index contributed by atoms with van der Waals surface area (Å²) in [6, 6.07) is 12.2. The molecule has 1 aliphatic rings. The topological polar surface area (TPSA) is 68.3 Å². The molecule has 5 nitrogen and oxygen atoms in total. The molecule has 7 heteroatoms. The first-order valence-corrected chi connectivity index (χ1v) is 10.1. The van der Waals surface area contributed by atoms with Gasteiger partial charge < -0.3 is 10.1 Å². The third kappa shape index (κ3) is 3.93. The first-order chi connectivity index (χ1) is 13.9. The molecule has 1 heterocycles. The smallest absolute Gasteiger partial charge is 0.339 e. The second-order valence-electron chi connectivity index (χ2n) is 6.94. The van der Waals surface area contributed by atoms with Crippen molar-refractivity contribution in [2.45, 2.75) is 32.3 Å². The van der Waals surface area contributed by atoms with Crippen molar-refractivity contribution < 1.29 is 14.3 Å². The van der Waals surface area contributed by atoms with E-state index < -0.39 is 18.0 Å². The number of para-hydroxylation sites is 1. The van der Waals surface area contributed by atoms with E-state index >= 15 is 0 Å². The maximum Gasteiger partial charge on any atom is 0.339 e. The maximum absolute atomic E-state index is 13.0. The number of hydrogen-bond donors (Lipinski definition) is 1. The van der Waals surface area contributed by atoms with E-state index in [1.807, 2.05) is 24.3 Å². The molecule has 29 heavy (non-hydrogen) atoms. The van der Waals surface area contributed by atoms with Gasteiger partial charge in [-0.15, -0.1) is 0 Å². The Labute approximate surface area is 178 Å². The van der Waals surface area contributed by atoms with Crippen LogP contribution in [-0.4, -0.2) is 23.0 Å². The Kier molecular flexibility index (Phi) is 5.43. The van der Waals surface area contributed by atoms with Crippen LogP contribution in [-0.2, 0) is 22.4 Å². The van der Waals surface area contributed by atoms with Gasteiger partial charge in [0.15, 0.2) is 6.10 Å². The molecule has 0 spiro atoms. The van der Waals surface area contributed by atoms with Crippen LogP contribution in [0.4, 0.5) is 5.69 Å². The zero-order valence-corrected chi connectivity index (χ0v) is 17.2. The molecule has 0 saturated carbocycles. The third-order valence-electron chi connectivity index (χ3n) is 4.97. The Morgan fingerprint density at radius 1 is 1.14 bits per heavy atom. The number of hydrogen-bond acceptors (Lipinski definition) is 4. The molecule has 1 atom stereocenters. The van der Waals surface area contributed by atoms with E-state index in [0.717, 1.165) is 41.4 Å². The van der Waals surface area contributed by atoms with Crippen molar-refractivity contribution in [3.05, 3.63) is 69.3 Å². The van der Waals surface area contributed by atoms with Gasteiger partial charge in [-0.1, -0.05) is 41.4 Å². The Balaban J connectivity index is 1.57. The molecule has 1 aromatic heterocycles. The minimum absolute atomic E-state index is 0.308. The van der Waals surface area contributed by atoms with E-state index in [1.165, 1.54) is 13.0 Å². The first kappa shape index (κ1) is 19.7. The largest absolute Gasteiger partial charge is 0.449 e. The number of halogens is 2. The molecule has 0 radical (unpaired) electrons. The molecule has 0 aliphatic heterocycles. The molecule has 3 aromatic rings. The predicted octanol–water partition coefficient (Wildman–Crippen LogP) is 5.21. The molecule has 0 fully saturated rings. The average molecular weight is 429 g/mol. The van der Waals surface area contributed by atoms with E-state index in [1.54, 1.807) is 12.1 Å². The fourth-order valence-electron chi connectivity index (χ4n) is 3.54. The molecule has 1 N–H and O–H groups in total. The molecule has 4 rings (SSSR count). The van der Waals surface area contributed by atoms with Crippen LogP contribution in [0.15, 0.2) is 42.5 Å². The van der Waals surface area contributed by atoms with Crippen molar-refractivity contribution in [1.29, 1.82) is 0 Å². The van der Waals surface area contributed by atoms with Crippen molar-refractivity contribution >= 4 is 51.7 Å². The highest BCUT2D eigenvalue weighted by Gasteiger charge is 2.27. The number of aryl methyl sites for hydroxylation is 1. The zero-order chi connectivity index (χ0) is 20.5. The lowest BCUT2D eigenvalue weighted by molar-refractivity contribution is -0.123. The Hall–Kier alpha value is -2.63. The molecule has 148 valence electrons. The van der Waals surface area contributed by atoms with Crippen LogP contribution in [0.5, 0.6) is 0 Å². The van der Waals surface area contributed by atoms with Crippen molar-refractivity contribution in [3.63, 3.8) is 0 Å².